The molecule has 0 aliphatic heterocycles. The van der Waals surface area contributed by atoms with Crippen LogP contribution in [0.15, 0.2) is 24.4 Å². The minimum atomic E-state index is 0.0463. The molecule has 0 aliphatic carbocycles. The number of pyridine rings is 1. The second-order valence-corrected chi connectivity index (χ2v) is 3.38. The monoisotopic (exact) mass is 213 g/mol. The Bertz CT molecular complexity index is 470. The molecule has 2 aromatic rings. The molecule has 1 aromatic carbocycles. The van der Waals surface area contributed by atoms with E-state index in [9.17, 15) is 5.11 Å². The van der Waals surface area contributed by atoms with Crippen molar-refractivity contribution >= 4 is 34.1 Å². The SMILES string of the molecule is Oc1cc(Cl)c(Cl)c2cccnc12. The van der Waals surface area contributed by atoms with E-state index in [1.807, 2.05) is 0 Å². The van der Waals surface area contributed by atoms with Crippen molar-refractivity contribution in [1.29, 1.82) is 0 Å². The van der Waals surface area contributed by atoms with Crippen molar-refractivity contribution in [3.8, 4) is 5.75 Å². The highest BCUT2D eigenvalue weighted by molar-refractivity contribution is 6.45. The number of aromatic hydroxyl groups is 1. The molecule has 0 atom stereocenters. The predicted molar refractivity (Wildman–Crippen MR) is 53.4 cm³/mol. The van der Waals surface area contributed by atoms with Gasteiger partial charge in [0.1, 0.15) is 11.3 Å². The summed E-state index contributed by atoms with van der Waals surface area (Å²) in [4.78, 5) is 3.99. The van der Waals surface area contributed by atoms with Gasteiger partial charge in [-0.1, -0.05) is 23.2 Å². The van der Waals surface area contributed by atoms with Crippen LogP contribution in [0.25, 0.3) is 10.9 Å². The minimum absolute atomic E-state index is 0.0463. The largest absolute Gasteiger partial charge is 0.506 e. The van der Waals surface area contributed by atoms with Gasteiger partial charge in [0.2, 0.25) is 0 Å². The van der Waals surface area contributed by atoms with Crippen LogP contribution in [0, 0.1) is 0 Å². The quantitative estimate of drug-likeness (QED) is 0.730. The molecule has 0 fully saturated rings. The third-order valence-electron chi connectivity index (χ3n) is 1.76. The molecule has 0 spiro atoms. The second kappa shape index (κ2) is 3.05. The molecular weight excluding hydrogens is 209 g/mol. The van der Waals surface area contributed by atoms with Crippen LogP contribution in [0.3, 0.4) is 0 Å². The van der Waals surface area contributed by atoms with E-state index in [0.29, 0.717) is 20.9 Å². The lowest BCUT2D eigenvalue weighted by molar-refractivity contribution is 0.480. The van der Waals surface area contributed by atoms with Crippen LogP contribution in [-0.4, -0.2) is 10.1 Å². The number of fused-ring (bicyclic) bond motifs is 1. The first kappa shape index (κ1) is 8.60. The third kappa shape index (κ3) is 1.32. The summed E-state index contributed by atoms with van der Waals surface area (Å²) in [6.45, 7) is 0. The molecule has 4 heteroatoms. The Morgan fingerprint density at radius 3 is 2.85 bits per heavy atom. The molecule has 13 heavy (non-hydrogen) atoms. The topological polar surface area (TPSA) is 33.1 Å². The van der Waals surface area contributed by atoms with Crippen molar-refractivity contribution in [2.45, 2.75) is 0 Å². The zero-order valence-electron chi connectivity index (χ0n) is 6.46. The fraction of sp³-hybridized carbons (Fsp3) is 0. The first-order valence-electron chi connectivity index (χ1n) is 3.62. The minimum Gasteiger partial charge on any atom is -0.506 e. The van der Waals surface area contributed by atoms with Gasteiger partial charge in [0.15, 0.2) is 0 Å². The second-order valence-electron chi connectivity index (χ2n) is 2.59. The summed E-state index contributed by atoms with van der Waals surface area (Å²) in [6, 6.07) is 4.89. The number of rotatable bonds is 0. The van der Waals surface area contributed by atoms with Crippen molar-refractivity contribution in [3.05, 3.63) is 34.4 Å². The van der Waals surface area contributed by atoms with Gasteiger partial charge in [-0.15, -0.1) is 0 Å². The van der Waals surface area contributed by atoms with E-state index < -0.39 is 0 Å². The third-order valence-corrected chi connectivity index (χ3v) is 2.56. The number of benzene rings is 1. The maximum atomic E-state index is 9.47. The van der Waals surface area contributed by atoms with E-state index in [4.69, 9.17) is 23.2 Å². The Labute approximate surface area is 84.7 Å². The lowest BCUT2D eigenvalue weighted by atomic mass is 10.2. The number of halogens is 2. The van der Waals surface area contributed by atoms with Gasteiger partial charge in [-0.3, -0.25) is 4.98 Å². The lowest BCUT2D eigenvalue weighted by Gasteiger charge is -2.03. The number of hydrogen-bond acceptors (Lipinski definition) is 2. The van der Waals surface area contributed by atoms with Crippen molar-refractivity contribution in [1.82, 2.24) is 4.98 Å². The molecule has 0 bridgehead atoms. The van der Waals surface area contributed by atoms with Crippen LogP contribution in [0.2, 0.25) is 10.0 Å². The molecule has 0 saturated heterocycles. The van der Waals surface area contributed by atoms with Crippen LogP contribution in [-0.2, 0) is 0 Å². The van der Waals surface area contributed by atoms with Gasteiger partial charge in [0.25, 0.3) is 0 Å². The van der Waals surface area contributed by atoms with Gasteiger partial charge in [0, 0.05) is 17.6 Å². The zero-order chi connectivity index (χ0) is 9.42. The highest BCUT2D eigenvalue weighted by Gasteiger charge is 2.08. The van der Waals surface area contributed by atoms with Gasteiger partial charge in [-0.2, -0.15) is 0 Å². The molecule has 2 nitrogen and oxygen atoms in total. The number of hydrogen-bond donors (Lipinski definition) is 1. The summed E-state index contributed by atoms with van der Waals surface area (Å²) in [6.07, 6.45) is 1.59. The fourth-order valence-corrected chi connectivity index (χ4v) is 1.58. The van der Waals surface area contributed by atoms with Crippen LogP contribution in [0.1, 0.15) is 0 Å². The number of phenols is 1. The molecule has 0 unspecified atom stereocenters. The molecule has 66 valence electrons. The fourth-order valence-electron chi connectivity index (χ4n) is 1.17. The van der Waals surface area contributed by atoms with Crippen molar-refractivity contribution < 1.29 is 5.11 Å². The number of nitrogens with zero attached hydrogens (tertiary/aromatic N) is 1. The molecule has 0 aliphatic rings. The Kier molecular flexibility index (Phi) is 2.02. The van der Waals surface area contributed by atoms with E-state index in [2.05, 4.69) is 4.98 Å². The van der Waals surface area contributed by atoms with Gasteiger partial charge in [0.05, 0.1) is 10.0 Å². The summed E-state index contributed by atoms with van der Waals surface area (Å²) < 4.78 is 0. The average Bonchev–Trinajstić information content (AvgIpc) is 2.15. The molecule has 0 radical (unpaired) electrons. The molecule has 0 saturated carbocycles. The van der Waals surface area contributed by atoms with Crippen molar-refractivity contribution in [3.63, 3.8) is 0 Å². The maximum Gasteiger partial charge on any atom is 0.143 e. The zero-order valence-corrected chi connectivity index (χ0v) is 7.97. The molecule has 1 aromatic heterocycles. The van der Waals surface area contributed by atoms with Crippen molar-refractivity contribution in [2.24, 2.45) is 0 Å². The Balaban J connectivity index is 2.97. The summed E-state index contributed by atoms with van der Waals surface area (Å²) in [5.41, 5.74) is 0.469. The van der Waals surface area contributed by atoms with Crippen LogP contribution >= 0.6 is 23.2 Å². The van der Waals surface area contributed by atoms with Crippen molar-refractivity contribution in [2.75, 3.05) is 0 Å². The summed E-state index contributed by atoms with van der Waals surface area (Å²) in [5, 5.41) is 10.9. The van der Waals surface area contributed by atoms with Gasteiger partial charge < -0.3 is 5.11 Å². The summed E-state index contributed by atoms with van der Waals surface area (Å²) in [7, 11) is 0. The molecule has 2 rings (SSSR count). The lowest BCUT2D eigenvalue weighted by Crippen LogP contribution is -1.80. The summed E-state index contributed by atoms with van der Waals surface area (Å²) >= 11 is 11.7. The van der Waals surface area contributed by atoms with Gasteiger partial charge in [-0.25, -0.2) is 0 Å². The maximum absolute atomic E-state index is 9.47. The standard InChI is InChI=1S/C9H5Cl2NO/c10-6-4-7(13)9-5(8(6)11)2-1-3-12-9/h1-4,13H. The molecule has 1 N–H and O–H groups in total. The van der Waals surface area contributed by atoms with Gasteiger partial charge in [-0.05, 0) is 12.1 Å². The predicted octanol–water partition coefficient (Wildman–Crippen LogP) is 3.25. The number of phenolic OH excluding ortho intramolecular Hbond substituents is 1. The van der Waals surface area contributed by atoms with E-state index >= 15 is 0 Å². The van der Waals surface area contributed by atoms with E-state index in [-0.39, 0.29) is 5.75 Å². The normalized spacial score (nSPS) is 10.6. The van der Waals surface area contributed by atoms with Crippen LogP contribution in [0.4, 0.5) is 0 Å². The first-order chi connectivity index (χ1) is 6.20. The Morgan fingerprint density at radius 2 is 2.08 bits per heavy atom. The van der Waals surface area contributed by atoms with Gasteiger partial charge >= 0.3 is 0 Å². The highest BCUT2D eigenvalue weighted by Crippen LogP contribution is 2.35. The van der Waals surface area contributed by atoms with Crippen LogP contribution in [0.5, 0.6) is 5.75 Å². The smallest absolute Gasteiger partial charge is 0.143 e. The number of aromatic nitrogens is 1. The first-order valence-corrected chi connectivity index (χ1v) is 4.37. The molecular formula is C9H5Cl2NO. The van der Waals surface area contributed by atoms with E-state index in [1.165, 1.54) is 6.07 Å². The Morgan fingerprint density at radius 1 is 1.31 bits per heavy atom. The molecule has 1 heterocycles. The van der Waals surface area contributed by atoms with E-state index in [1.54, 1.807) is 18.3 Å². The highest BCUT2D eigenvalue weighted by atomic mass is 35.5. The summed E-state index contributed by atoms with van der Waals surface area (Å²) in [5.74, 6) is 0.0463. The van der Waals surface area contributed by atoms with Crippen LogP contribution < -0.4 is 0 Å². The average molecular weight is 214 g/mol. The Hall–Kier alpha value is -0.990. The molecule has 0 amide bonds. The van der Waals surface area contributed by atoms with E-state index in [0.717, 1.165) is 0 Å².